The molecule has 1 fully saturated rings. The zero-order chi connectivity index (χ0) is 24.3. The van der Waals surface area contributed by atoms with E-state index in [0.29, 0.717) is 30.4 Å². The second-order valence-electron chi connectivity index (χ2n) is 8.56. The first-order valence-electron chi connectivity index (χ1n) is 11.2. The quantitative estimate of drug-likeness (QED) is 0.461. The molecule has 1 N–H and O–H groups in total. The Morgan fingerprint density at radius 3 is 2.53 bits per heavy atom. The van der Waals surface area contributed by atoms with Crippen LogP contribution >= 0.6 is 11.8 Å². The fourth-order valence-electron chi connectivity index (χ4n) is 3.83. The van der Waals surface area contributed by atoms with Crippen LogP contribution in [0.15, 0.2) is 62.7 Å². The first-order valence-corrected chi connectivity index (χ1v) is 13.5. The van der Waals surface area contributed by atoms with Gasteiger partial charge in [-0.3, -0.25) is 10.1 Å². The molecule has 0 spiro atoms. The molecule has 0 saturated carbocycles. The van der Waals surface area contributed by atoms with E-state index < -0.39 is 22.0 Å². The number of thioether (sulfide) groups is 1. The molecule has 0 bridgehead atoms. The van der Waals surface area contributed by atoms with Crippen molar-refractivity contribution in [3.8, 4) is 0 Å². The molecule has 10 heteroatoms. The third-order valence-electron chi connectivity index (χ3n) is 5.48. The van der Waals surface area contributed by atoms with Crippen molar-refractivity contribution in [1.29, 1.82) is 0 Å². The third-order valence-corrected chi connectivity index (χ3v) is 8.42. The van der Waals surface area contributed by atoms with Gasteiger partial charge in [0.2, 0.25) is 21.8 Å². The molecule has 4 rings (SSSR count). The zero-order valence-electron chi connectivity index (χ0n) is 19.4. The van der Waals surface area contributed by atoms with Gasteiger partial charge < -0.3 is 4.42 Å². The van der Waals surface area contributed by atoms with Crippen molar-refractivity contribution in [2.75, 3.05) is 11.9 Å². The molecule has 0 aliphatic carbocycles. The van der Waals surface area contributed by atoms with E-state index in [1.807, 2.05) is 19.1 Å². The largest absolute Gasteiger partial charge is 0.407 e. The average molecular weight is 501 g/mol. The van der Waals surface area contributed by atoms with Crippen LogP contribution < -0.4 is 5.32 Å². The van der Waals surface area contributed by atoms with Gasteiger partial charge in [0, 0.05) is 16.7 Å². The first kappa shape index (κ1) is 24.4. The fourth-order valence-corrected chi connectivity index (χ4v) is 6.33. The van der Waals surface area contributed by atoms with Crippen molar-refractivity contribution in [3.05, 3.63) is 65.5 Å². The minimum atomic E-state index is -3.78. The number of aryl methyl sites for hydroxylation is 1. The molecule has 1 saturated heterocycles. The van der Waals surface area contributed by atoms with E-state index in [4.69, 9.17) is 4.42 Å². The van der Waals surface area contributed by atoms with Crippen LogP contribution in [-0.2, 0) is 21.2 Å². The van der Waals surface area contributed by atoms with Crippen LogP contribution in [0.3, 0.4) is 0 Å². The Hall–Kier alpha value is -2.69. The number of carbonyl (C=O) groups is 1. The zero-order valence-corrected chi connectivity index (χ0v) is 21.0. The van der Waals surface area contributed by atoms with Gasteiger partial charge in [-0.05, 0) is 49.6 Å². The van der Waals surface area contributed by atoms with Gasteiger partial charge in [-0.15, -0.1) is 16.9 Å². The van der Waals surface area contributed by atoms with Crippen LogP contribution in [0, 0.1) is 6.92 Å². The Kier molecular flexibility index (Phi) is 7.39. The number of hydrogen-bond donors (Lipinski definition) is 1. The molecule has 2 aromatic carbocycles. The summed E-state index contributed by atoms with van der Waals surface area (Å²) in [5.41, 5.74) is 1.98. The van der Waals surface area contributed by atoms with E-state index in [9.17, 15) is 13.2 Å². The number of benzene rings is 2. The minimum absolute atomic E-state index is 0.0356. The Bertz CT molecular complexity index is 1240. The summed E-state index contributed by atoms with van der Waals surface area (Å²) in [5, 5.41) is 11.0. The number of hydrogen-bond acceptors (Lipinski definition) is 7. The van der Waals surface area contributed by atoms with E-state index in [1.165, 1.54) is 9.20 Å². The standard InChI is InChI=1S/C24H28N4O4S2/c1-16(2)33-19-10-8-18(9-11-19)15-22-26-27-24(32-22)25-23(29)21-5-4-14-28(21)34(30,31)20-12-6-17(3)7-13-20/h6-13,16,21H,4-5,14-15H2,1-3H3,(H,25,27,29). The number of anilines is 1. The molecule has 1 aliphatic heterocycles. The number of nitrogens with zero attached hydrogens (tertiary/aromatic N) is 3. The van der Waals surface area contributed by atoms with E-state index >= 15 is 0 Å². The molecule has 1 amide bonds. The van der Waals surface area contributed by atoms with Gasteiger partial charge in [-0.25, -0.2) is 8.42 Å². The second-order valence-corrected chi connectivity index (χ2v) is 12.1. The van der Waals surface area contributed by atoms with Gasteiger partial charge >= 0.3 is 6.01 Å². The molecular weight excluding hydrogens is 472 g/mol. The summed E-state index contributed by atoms with van der Waals surface area (Å²) in [6, 6.07) is 13.9. The predicted molar refractivity (Wildman–Crippen MR) is 131 cm³/mol. The number of amides is 1. The lowest BCUT2D eigenvalue weighted by Gasteiger charge is -2.22. The number of carbonyl (C=O) groups excluding carboxylic acids is 1. The highest BCUT2D eigenvalue weighted by Crippen LogP contribution is 2.27. The first-order chi connectivity index (χ1) is 16.2. The molecule has 1 unspecified atom stereocenters. The molecule has 1 aliphatic rings. The van der Waals surface area contributed by atoms with E-state index in [1.54, 1.807) is 36.0 Å². The topological polar surface area (TPSA) is 105 Å². The van der Waals surface area contributed by atoms with Crippen LogP contribution in [-0.4, -0.2) is 46.7 Å². The van der Waals surface area contributed by atoms with Crippen LogP contribution in [0.4, 0.5) is 6.01 Å². The van der Waals surface area contributed by atoms with Gasteiger partial charge in [0.25, 0.3) is 0 Å². The van der Waals surface area contributed by atoms with Crippen molar-refractivity contribution in [1.82, 2.24) is 14.5 Å². The van der Waals surface area contributed by atoms with Gasteiger partial charge in [0.15, 0.2) is 0 Å². The van der Waals surface area contributed by atoms with Gasteiger partial charge in [-0.2, -0.15) is 4.31 Å². The average Bonchev–Trinajstić information content (AvgIpc) is 3.45. The predicted octanol–water partition coefficient (Wildman–Crippen LogP) is 4.26. The summed E-state index contributed by atoms with van der Waals surface area (Å²) in [6.45, 7) is 6.47. The Morgan fingerprint density at radius 1 is 1.15 bits per heavy atom. The monoisotopic (exact) mass is 500 g/mol. The van der Waals surface area contributed by atoms with Crippen molar-refractivity contribution < 1.29 is 17.6 Å². The summed E-state index contributed by atoms with van der Waals surface area (Å²) in [6.07, 6.45) is 1.47. The Labute approximate surface area is 204 Å². The molecule has 180 valence electrons. The summed E-state index contributed by atoms with van der Waals surface area (Å²) >= 11 is 1.79. The summed E-state index contributed by atoms with van der Waals surface area (Å²) < 4.78 is 33.0. The van der Waals surface area contributed by atoms with Crippen molar-refractivity contribution in [3.63, 3.8) is 0 Å². The summed E-state index contributed by atoms with van der Waals surface area (Å²) in [7, 11) is -3.78. The van der Waals surface area contributed by atoms with Crippen molar-refractivity contribution in [2.45, 2.75) is 61.1 Å². The number of sulfonamides is 1. The smallest absolute Gasteiger partial charge is 0.322 e. The van der Waals surface area contributed by atoms with Gasteiger partial charge in [-0.1, -0.05) is 48.8 Å². The lowest BCUT2D eigenvalue weighted by atomic mass is 10.1. The van der Waals surface area contributed by atoms with Crippen LogP contribution in [0.25, 0.3) is 0 Å². The van der Waals surface area contributed by atoms with Gasteiger partial charge in [0.05, 0.1) is 11.3 Å². The van der Waals surface area contributed by atoms with Gasteiger partial charge in [0.1, 0.15) is 6.04 Å². The van der Waals surface area contributed by atoms with Crippen molar-refractivity contribution >= 4 is 33.7 Å². The highest BCUT2D eigenvalue weighted by atomic mass is 32.2. The number of nitrogens with one attached hydrogen (secondary N) is 1. The molecule has 1 atom stereocenters. The highest BCUT2D eigenvalue weighted by Gasteiger charge is 2.39. The number of aromatic nitrogens is 2. The SMILES string of the molecule is Cc1ccc(S(=O)(=O)N2CCCC2C(=O)Nc2nnc(Cc3ccc(SC(C)C)cc3)o2)cc1. The minimum Gasteiger partial charge on any atom is -0.407 e. The van der Waals surface area contributed by atoms with Crippen molar-refractivity contribution in [2.24, 2.45) is 0 Å². The second kappa shape index (κ2) is 10.3. The highest BCUT2D eigenvalue weighted by molar-refractivity contribution is 7.99. The van der Waals surface area contributed by atoms with E-state index in [0.717, 1.165) is 11.1 Å². The Balaban J connectivity index is 1.40. The van der Waals surface area contributed by atoms with E-state index in [2.05, 4.69) is 41.5 Å². The summed E-state index contributed by atoms with van der Waals surface area (Å²) in [5.74, 6) is -0.103. The molecule has 34 heavy (non-hydrogen) atoms. The maximum Gasteiger partial charge on any atom is 0.322 e. The normalized spacial score (nSPS) is 16.8. The van der Waals surface area contributed by atoms with Crippen LogP contribution in [0.1, 0.15) is 43.7 Å². The maximum atomic E-state index is 13.1. The molecule has 8 nitrogen and oxygen atoms in total. The fraction of sp³-hybridized carbons (Fsp3) is 0.375. The molecule has 1 aromatic heterocycles. The molecule has 0 radical (unpaired) electrons. The van der Waals surface area contributed by atoms with E-state index in [-0.39, 0.29) is 17.5 Å². The maximum absolute atomic E-state index is 13.1. The lowest BCUT2D eigenvalue weighted by Crippen LogP contribution is -2.43. The molecule has 2 heterocycles. The summed E-state index contributed by atoms with van der Waals surface area (Å²) in [4.78, 5) is 14.3. The molecule has 3 aromatic rings. The van der Waals surface area contributed by atoms with Crippen LogP contribution in [0.2, 0.25) is 0 Å². The Morgan fingerprint density at radius 2 is 1.85 bits per heavy atom. The lowest BCUT2D eigenvalue weighted by molar-refractivity contribution is -0.119. The third kappa shape index (κ3) is 5.68. The number of rotatable bonds is 8. The molecular formula is C24H28N4O4S2. The van der Waals surface area contributed by atoms with Crippen LogP contribution in [0.5, 0.6) is 0 Å².